The Morgan fingerprint density at radius 3 is 2.52 bits per heavy atom. The molecule has 0 radical (unpaired) electrons. The SMILES string of the molecule is COc1cccc([C@H]2NC(=O)NC(C)=C2C(=O)Nc2ccc(F)c(F)c2)c1OC. The van der Waals surface area contributed by atoms with E-state index in [1.54, 1.807) is 25.1 Å². The van der Waals surface area contributed by atoms with E-state index in [9.17, 15) is 18.4 Å². The number of amides is 3. The fourth-order valence-corrected chi connectivity index (χ4v) is 3.14. The number of ether oxygens (including phenoxy) is 2. The van der Waals surface area contributed by atoms with Gasteiger partial charge in [0.1, 0.15) is 0 Å². The van der Waals surface area contributed by atoms with Gasteiger partial charge in [0.05, 0.1) is 25.8 Å². The monoisotopic (exact) mass is 403 g/mol. The number of urea groups is 1. The number of hydrogen-bond acceptors (Lipinski definition) is 4. The molecule has 1 heterocycles. The maximum atomic E-state index is 13.5. The van der Waals surface area contributed by atoms with E-state index in [4.69, 9.17) is 9.47 Å². The van der Waals surface area contributed by atoms with Crippen LogP contribution in [0.2, 0.25) is 0 Å². The third-order valence-corrected chi connectivity index (χ3v) is 4.44. The molecular formula is C20H19F2N3O4. The highest BCUT2D eigenvalue weighted by atomic mass is 19.2. The lowest BCUT2D eigenvalue weighted by Gasteiger charge is -2.30. The normalized spacial score (nSPS) is 16.0. The lowest BCUT2D eigenvalue weighted by Crippen LogP contribution is -2.46. The smallest absolute Gasteiger partial charge is 0.319 e. The number of hydrogen-bond donors (Lipinski definition) is 3. The van der Waals surface area contributed by atoms with E-state index in [-0.39, 0.29) is 11.3 Å². The van der Waals surface area contributed by atoms with Crippen molar-refractivity contribution in [3.05, 3.63) is 64.9 Å². The highest BCUT2D eigenvalue weighted by Crippen LogP contribution is 2.39. The Hall–Kier alpha value is -3.62. The van der Waals surface area contributed by atoms with Gasteiger partial charge < -0.3 is 25.4 Å². The second-order valence-electron chi connectivity index (χ2n) is 6.24. The Morgan fingerprint density at radius 1 is 1.10 bits per heavy atom. The first-order chi connectivity index (χ1) is 13.8. The molecule has 29 heavy (non-hydrogen) atoms. The Kier molecular flexibility index (Phi) is 5.67. The fraction of sp³-hybridized carbons (Fsp3) is 0.200. The molecule has 1 aliphatic rings. The zero-order valence-electron chi connectivity index (χ0n) is 15.9. The van der Waals surface area contributed by atoms with E-state index in [0.717, 1.165) is 12.1 Å². The van der Waals surface area contributed by atoms with Gasteiger partial charge in [-0.3, -0.25) is 4.79 Å². The minimum Gasteiger partial charge on any atom is -0.493 e. The molecule has 3 amide bonds. The summed E-state index contributed by atoms with van der Waals surface area (Å²) >= 11 is 0. The molecule has 0 spiro atoms. The third-order valence-electron chi connectivity index (χ3n) is 4.44. The van der Waals surface area contributed by atoms with Crippen molar-refractivity contribution in [1.82, 2.24) is 10.6 Å². The van der Waals surface area contributed by atoms with Crippen molar-refractivity contribution < 1.29 is 27.8 Å². The summed E-state index contributed by atoms with van der Waals surface area (Å²) in [5, 5.41) is 7.76. The van der Waals surface area contributed by atoms with Gasteiger partial charge in [-0.25, -0.2) is 13.6 Å². The number of methoxy groups -OCH3 is 2. The number of nitrogens with one attached hydrogen (secondary N) is 3. The summed E-state index contributed by atoms with van der Waals surface area (Å²) in [5.74, 6) is -1.93. The van der Waals surface area contributed by atoms with Crippen LogP contribution in [0.25, 0.3) is 0 Å². The highest BCUT2D eigenvalue weighted by Gasteiger charge is 2.33. The van der Waals surface area contributed by atoms with Crippen LogP contribution in [-0.4, -0.2) is 26.2 Å². The molecule has 0 aliphatic carbocycles. The average Bonchev–Trinajstić information content (AvgIpc) is 2.69. The second-order valence-corrected chi connectivity index (χ2v) is 6.24. The van der Waals surface area contributed by atoms with Gasteiger partial charge in [0, 0.05) is 23.0 Å². The zero-order chi connectivity index (χ0) is 21.1. The van der Waals surface area contributed by atoms with E-state index < -0.39 is 29.6 Å². The van der Waals surface area contributed by atoms with E-state index in [1.807, 2.05) is 0 Å². The molecule has 0 bridgehead atoms. The largest absolute Gasteiger partial charge is 0.493 e. The van der Waals surface area contributed by atoms with Gasteiger partial charge in [-0.05, 0) is 25.1 Å². The quantitative estimate of drug-likeness (QED) is 0.715. The minimum atomic E-state index is -1.09. The van der Waals surface area contributed by atoms with E-state index in [1.165, 1.54) is 20.3 Å². The predicted molar refractivity (Wildman–Crippen MR) is 102 cm³/mol. The number of allylic oxidation sites excluding steroid dienone is 1. The van der Waals surface area contributed by atoms with Crippen LogP contribution in [0.1, 0.15) is 18.5 Å². The number of carbonyl (C=O) groups excluding carboxylic acids is 2. The Bertz CT molecular complexity index is 1010. The topological polar surface area (TPSA) is 88.7 Å². The van der Waals surface area contributed by atoms with Gasteiger partial charge in [-0.2, -0.15) is 0 Å². The van der Waals surface area contributed by atoms with Gasteiger partial charge in [-0.1, -0.05) is 12.1 Å². The number of benzene rings is 2. The van der Waals surface area contributed by atoms with E-state index >= 15 is 0 Å². The fourth-order valence-electron chi connectivity index (χ4n) is 3.14. The van der Waals surface area contributed by atoms with Crippen LogP contribution in [0.4, 0.5) is 19.3 Å². The van der Waals surface area contributed by atoms with Gasteiger partial charge in [0.25, 0.3) is 5.91 Å². The first kappa shape index (κ1) is 20.1. The second kappa shape index (κ2) is 8.17. The molecule has 0 unspecified atom stereocenters. The van der Waals surface area contributed by atoms with Crippen molar-refractivity contribution in [2.45, 2.75) is 13.0 Å². The van der Waals surface area contributed by atoms with Crippen molar-refractivity contribution in [1.29, 1.82) is 0 Å². The lowest BCUT2D eigenvalue weighted by atomic mass is 9.93. The van der Waals surface area contributed by atoms with Gasteiger partial charge in [-0.15, -0.1) is 0 Å². The first-order valence-corrected chi connectivity index (χ1v) is 8.61. The molecule has 3 rings (SSSR count). The molecule has 152 valence electrons. The molecule has 0 saturated carbocycles. The Labute approximate surface area is 165 Å². The van der Waals surface area contributed by atoms with Gasteiger partial charge in [0.2, 0.25) is 0 Å². The van der Waals surface area contributed by atoms with Crippen LogP contribution in [-0.2, 0) is 4.79 Å². The summed E-state index contributed by atoms with van der Waals surface area (Å²) < 4.78 is 37.4. The van der Waals surface area contributed by atoms with Crippen LogP contribution < -0.4 is 25.4 Å². The van der Waals surface area contributed by atoms with Gasteiger partial charge in [0.15, 0.2) is 23.1 Å². The van der Waals surface area contributed by atoms with Crippen LogP contribution >= 0.6 is 0 Å². The van der Waals surface area contributed by atoms with Crippen LogP contribution in [0.5, 0.6) is 11.5 Å². The van der Waals surface area contributed by atoms with Crippen LogP contribution in [0.3, 0.4) is 0 Å². The summed E-state index contributed by atoms with van der Waals surface area (Å²) in [6.45, 7) is 1.57. The number of carbonyl (C=O) groups is 2. The van der Waals surface area contributed by atoms with Gasteiger partial charge >= 0.3 is 6.03 Å². The number of halogens is 2. The lowest BCUT2D eigenvalue weighted by molar-refractivity contribution is -0.113. The third kappa shape index (κ3) is 3.98. The average molecular weight is 403 g/mol. The maximum absolute atomic E-state index is 13.5. The molecule has 2 aromatic carbocycles. The minimum absolute atomic E-state index is 0.0717. The van der Waals surface area contributed by atoms with Crippen LogP contribution in [0.15, 0.2) is 47.7 Å². The standard InChI is InChI=1S/C20H19F2N3O4/c1-10-16(19(26)24-11-7-8-13(21)14(22)9-11)17(25-20(27)23-10)12-5-4-6-15(28-2)18(12)29-3/h4-9,17H,1-3H3,(H,24,26)(H2,23,25,27)/t17-/m1/s1. The Morgan fingerprint density at radius 2 is 1.86 bits per heavy atom. The zero-order valence-corrected chi connectivity index (χ0v) is 15.9. The van der Waals surface area contributed by atoms with Crippen molar-refractivity contribution in [3.63, 3.8) is 0 Å². The molecule has 9 heteroatoms. The van der Waals surface area contributed by atoms with E-state index in [0.29, 0.717) is 22.8 Å². The molecule has 1 atom stereocenters. The molecule has 1 aliphatic heterocycles. The molecule has 3 N–H and O–H groups in total. The van der Waals surface area contributed by atoms with Crippen molar-refractivity contribution in [3.8, 4) is 11.5 Å². The summed E-state index contributed by atoms with van der Waals surface area (Å²) in [6.07, 6.45) is 0. The number of anilines is 1. The molecular weight excluding hydrogens is 384 g/mol. The van der Waals surface area contributed by atoms with Crippen molar-refractivity contribution in [2.75, 3.05) is 19.5 Å². The van der Waals surface area contributed by atoms with Crippen molar-refractivity contribution >= 4 is 17.6 Å². The Balaban J connectivity index is 2.02. The molecule has 0 fully saturated rings. The summed E-state index contributed by atoms with van der Waals surface area (Å²) in [5.41, 5.74) is 1.06. The van der Waals surface area contributed by atoms with E-state index in [2.05, 4.69) is 16.0 Å². The van der Waals surface area contributed by atoms with Crippen molar-refractivity contribution in [2.24, 2.45) is 0 Å². The molecule has 0 aromatic heterocycles. The predicted octanol–water partition coefficient (Wildman–Crippen LogP) is 3.25. The maximum Gasteiger partial charge on any atom is 0.319 e. The number of para-hydroxylation sites is 1. The molecule has 0 saturated heterocycles. The van der Waals surface area contributed by atoms with Crippen LogP contribution in [0, 0.1) is 11.6 Å². The summed E-state index contributed by atoms with van der Waals surface area (Å²) in [4.78, 5) is 25.0. The molecule has 7 nitrogen and oxygen atoms in total. The first-order valence-electron chi connectivity index (χ1n) is 8.61. The number of rotatable bonds is 5. The molecule has 2 aromatic rings. The highest BCUT2D eigenvalue weighted by molar-refractivity contribution is 6.06. The summed E-state index contributed by atoms with van der Waals surface area (Å²) in [7, 11) is 2.92. The summed E-state index contributed by atoms with van der Waals surface area (Å²) in [6, 6.07) is 6.74.